The Morgan fingerprint density at radius 1 is 1.53 bits per heavy atom. The Bertz CT molecular complexity index is 589. The van der Waals surface area contributed by atoms with E-state index in [2.05, 4.69) is 10.4 Å². The molecule has 0 aliphatic carbocycles. The highest BCUT2D eigenvalue weighted by atomic mass is 32.2. The van der Waals surface area contributed by atoms with Gasteiger partial charge in [0.05, 0.1) is 29.3 Å². The third kappa shape index (κ3) is 2.97. The van der Waals surface area contributed by atoms with Crippen LogP contribution < -0.4 is 5.32 Å². The number of rotatable bonds is 3. The summed E-state index contributed by atoms with van der Waals surface area (Å²) in [6.45, 7) is 5.58. The molecule has 1 saturated heterocycles. The molecule has 0 aromatic carbocycles. The van der Waals surface area contributed by atoms with E-state index < -0.39 is 9.84 Å². The third-order valence-electron chi connectivity index (χ3n) is 3.26. The lowest BCUT2D eigenvalue weighted by atomic mass is 10.2. The van der Waals surface area contributed by atoms with Crippen LogP contribution in [0.25, 0.3) is 0 Å². The molecule has 0 spiro atoms. The summed E-state index contributed by atoms with van der Waals surface area (Å²) < 4.78 is 24.6. The first kappa shape index (κ1) is 14.0. The normalized spacial score (nSPS) is 21.8. The largest absolute Gasteiger partial charge is 0.350 e. The van der Waals surface area contributed by atoms with Gasteiger partial charge >= 0.3 is 0 Å². The Kier molecular flexibility index (Phi) is 3.66. The average molecular weight is 285 g/mol. The fourth-order valence-corrected chi connectivity index (χ4v) is 4.01. The van der Waals surface area contributed by atoms with Gasteiger partial charge in [-0.25, -0.2) is 8.42 Å². The summed E-state index contributed by atoms with van der Waals surface area (Å²) in [6.07, 6.45) is 2.08. The zero-order chi connectivity index (χ0) is 14.2. The highest BCUT2D eigenvalue weighted by Crippen LogP contribution is 2.25. The highest BCUT2D eigenvalue weighted by Gasteiger charge is 2.31. The molecule has 106 valence electrons. The fraction of sp³-hybridized carbons (Fsp3) is 0.667. The monoisotopic (exact) mass is 285 g/mol. The molecule has 1 amide bonds. The van der Waals surface area contributed by atoms with Gasteiger partial charge in [0.2, 0.25) is 0 Å². The molecule has 0 radical (unpaired) electrons. The molecule has 7 heteroatoms. The van der Waals surface area contributed by atoms with E-state index in [-0.39, 0.29) is 29.5 Å². The Morgan fingerprint density at radius 3 is 2.74 bits per heavy atom. The van der Waals surface area contributed by atoms with Crippen molar-refractivity contribution < 1.29 is 13.2 Å². The van der Waals surface area contributed by atoms with E-state index in [4.69, 9.17) is 0 Å². The van der Waals surface area contributed by atoms with Crippen LogP contribution in [0.15, 0.2) is 6.20 Å². The first-order valence-electron chi connectivity index (χ1n) is 6.35. The Balaban J connectivity index is 2.22. The summed E-state index contributed by atoms with van der Waals surface area (Å²) in [7, 11) is -2.95. The van der Waals surface area contributed by atoms with Crippen LogP contribution in [-0.2, 0) is 9.84 Å². The van der Waals surface area contributed by atoms with Crippen LogP contribution in [0.4, 0.5) is 0 Å². The van der Waals surface area contributed by atoms with Crippen LogP contribution in [0, 0.1) is 6.92 Å². The van der Waals surface area contributed by atoms with Crippen molar-refractivity contribution in [2.24, 2.45) is 0 Å². The molecule has 1 aliphatic heterocycles. The second-order valence-electron chi connectivity index (χ2n) is 5.27. The van der Waals surface area contributed by atoms with Crippen molar-refractivity contribution >= 4 is 15.7 Å². The second kappa shape index (κ2) is 4.96. The smallest absolute Gasteiger partial charge is 0.254 e. The minimum absolute atomic E-state index is 0.0575. The maximum Gasteiger partial charge on any atom is 0.254 e. The Morgan fingerprint density at radius 2 is 2.21 bits per heavy atom. The van der Waals surface area contributed by atoms with Crippen LogP contribution in [-0.4, -0.2) is 41.7 Å². The van der Waals surface area contributed by atoms with Crippen LogP contribution in [0.3, 0.4) is 0 Å². The van der Waals surface area contributed by atoms with Gasteiger partial charge in [-0.05, 0) is 27.2 Å². The second-order valence-corrected chi connectivity index (χ2v) is 7.50. The van der Waals surface area contributed by atoms with Crippen molar-refractivity contribution in [3.05, 3.63) is 17.5 Å². The van der Waals surface area contributed by atoms with Crippen molar-refractivity contribution in [2.45, 2.75) is 39.3 Å². The zero-order valence-corrected chi connectivity index (χ0v) is 12.2. The number of aromatic nitrogens is 2. The van der Waals surface area contributed by atoms with Gasteiger partial charge < -0.3 is 5.32 Å². The minimum Gasteiger partial charge on any atom is -0.350 e. The molecule has 1 aliphatic rings. The number of carbonyl (C=O) groups excluding carboxylic acids is 1. The van der Waals surface area contributed by atoms with Gasteiger partial charge in [-0.2, -0.15) is 5.10 Å². The molecule has 1 unspecified atom stereocenters. The molecule has 2 rings (SSSR count). The standard InChI is InChI=1S/C12H19N3O3S/c1-8(2)14-12(16)11-6-13-15(9(11)3)10-4-5-19(17,18)7-10/h6,8,10H,4-5,7H2,1-3H3,(H,14,16). The lowest BCUT2D eigenvalue weighted by Crippen LogP contribution is -2.30. The SMILES string of the molecule is Cc1c(C(=O)NC(C)C)cnn1C1CCS(=O)(=O)C1. The summed E-state index contributed by atoms with van der Waals surface area (Å²) in [5.74, 6) is 0.144. The Hall–Kier alpha value is -1.37. The first-order valence-corrected chi connectivity index (χ1v) is 8.17. The number of nitrogens with zero attached hydrogens (tertiary/aromatic N) is 2. The summed E-state index contributed by atoms with van der Waals surface area (Å²) in [5, 5.41) is 6.99. The topological polar surface area (TPSA) is 81.1 Å². The van der Waals surface area contributed by atoms with Gasteiger partial charge in [-0.3, -0.25) is 9.48 Å². The maximum atomic E-state index is 11.9. The van der Waals surface area contributed by atoms with Crippen molar-refractivity contribution in [1.82, 2.24) is 15.1 Å². The molecular weight excluding hydrogens is 266 g/mol. The van der Waals surface area contributed by atoms with E-state index in [0.717, 1.165) is 5.69 Å². The van der Waals surface area contributed by atoms with Gasteiger partial charge in [0.1, 0.15) is 0 Å². The quantitative estimate of drug-likeness (QED) is 0.886. The molecule has 1 atom stereocenters. The summed E-state index contributed by atoms with van der Waals surface area (Å²) in [6, 6.07) is -0.0901. The fourth-order valence-electron chi connectivity index (χ4n) is 2.32. The lowest BCUT2D eigenvalue weighted by Gasteiger charge is -2.12. The minimum atomic E-state index is -2.95. The molecule has 0 saturated carbocycles. The molecular formula is C12H19N3O3S. The van der Waals surface area contributed by atoms with E-state index in [1.165, 1.54) is 6.20 Å². The van der Waals surface area contributed by atoms with Crippen LogP contribution >= 0.6 is 0 Å². The Labute approximate surface area is 113 Å². The van der Waals surface area contributed by atoms with E-state index >= 15 is 0 Å². The number of carbonyl (C=O) groups is 1. The van der Waals surface area contributed by atoms with Crippen molar-refractivity contribution in [3.8, 4) is 0 Å². The van der Waals surface area contributed by atoms with E-state index in [9.17, 15) is 13.2 Å². The number of nitrogens with one attached hydrogen (secondary N) is 1. The van der Waals surface area contributed by atoms with E-state index in [0.29, 0.717) is 12.0 Å². The highest BCUT2D eigenvalue weighted by molar-refractivity contribution is 7.91. The van der Waals surface area contributed by atoms with Gasteiger partial charge in [0.25, 0.3) is 5.91 Å². The predicted molar refractivity (Wildman–Crippen MR) is 71.9 cm³/mol. The lowest BCUT2D eigenvalue weighted by molar-refractivity contribution is 0.0942. The molecule has 1 N–H and O–H groups in total. The molecule has 2 heterocycles. The number of sulfone groups is 1. The molecule has 19 heavy (non-hydrogen) atoms. The molecule has 1 aromatic rings. The number of amides is 1. The zero-order valence-electron chi connectivity index (χ0n) is 11.4. The summed E-state index contributed by atoms with van der Waals surface area (Å²) in [5.41, 5.74) is 1.23. The predicted octanol–water partition coefficient (Wildman–Crippen LogP) is 0.689. The van der Waals surface area contributed by atoms with Crippen LogP contribution in [0.5, 0.6) is 0 Å². The van der Waals surface area contributed by atoms with E-state index in [1.54, 1.807) is 11.6 Å². The van der Waals surface area contributed by atoms with Crippen molar-refractivity contribution in [2.75, 3.05) is 11.5 Å². The maximum absolute atomic E-state index is 11.9. The molecule has 0 bridgehead atoms. The average Bonchev–Trinajstić information content (AvgIpc) is 2.80. The molecule has 1 fully saturated rings. The van der Waals surface area contributed by atoms with Gasteiger partial charge in [-0.1, -0.05) is 0 Å². The van der Waals surface area contributed by atoms with Gasteiger partial charge in [-0.15, -0.1) is 0 Å². The first-order chi connectivity index (χ1) is 8.80. The molecule has 1 aromatic heterocycles. The van der Waals surface area contributed by atoms with Gasteiger partial charge in [0.15, 0.2) is 9.84 Å². The van der Waals surface area contributed by atoms with Crippen LogP contribution in [0.2, 0.25) is 0 Å². The number of hydrogen-bond donors (Lipinski definition) is 1. The van der Waals surface area contributed by atoms with Crippen LogP contribution in [0.1, 0.15) is 42.4 Å². The van der Waals surface area contributed by atoms with Gasteiger partial charge in [0, 0.05) is 11.7 Å². The third-order valence-corrected chi connectivity index (χ3v) is 5.01. The number of hydrogen-bond acceptors (Lipinski definition) is 4. The molecule has 6 nitrogen and oxygen atoms in total. The van der Waals surface area contributed by atoms with E-state index in [1.807, 2.05) is 13.8 Å². The van der Waals surface area contributed by atoms with Crippen molar-refractivity contribution in [1.29, 1.82) is 0 Å². The van der Waals surface area contributed by atoms with Crippen molar-refractivity contribution in [3.63, 3.8) is 0 Å². The summed E-state index contributed by atoms with van der Waals surface area (Å²) in [4.78, 5) is 11.9. The summed E-state index contributed by atoms with van der Waals surface area (Å²) >= 11 is 0.